The molecule has 1 N–H and O–H groups in total. The standard InChI is InChI=1S/C21H23N3O/c1-21(2)13-24(12-15-4-7-17(25-3)8-5-15)20-10-16(6-9-18(20)21)19-11-22-14-23-19/h4-11,14H,12-13H2,1-3H3,(H,22,23). The predicted octanol–water partition coefficient (Wildman–Crippen LogP) is 4.38. The highest BCUT2D eigenvalue weighted by molar-refractivity contribution is 5.72. The van der Waals surface area contributed by atoms with E-state index in [2.05, 4.69) is 59.0 Å². The van der Waals surface area contributed by atoms with Crippen molar-refractivity contribution < 1.29 is 4.74 Å². The van der Waals surface area contributed by atoms with Gasteiger partial charge in [-0.2, -0.15) is 0 Å². The average molecular weight is 333 g/mol. The maximum absolute atomic E-state index is 5.26. The van der Waals surface area contributed by atoms with Crippen molar-refractivity contribution >= 4 is 5.69 Å². The van der Waals surface area contributed by atoms with Crippen LogP contribution >= 0.6 is 0 Å². The Morgan fingerprint density at radius 1 is 1.16 bits per heavy atom. The smallest absolute Gasteiger partial charge is 0.118 e. The molecule has 1 aliphatic rings. The van der Waals surface area contributed by atoms with E-state index >= 15 is 0 Å². The highest BCUT2D eigenvalue weighted by Crippen LogP contribution is 2.42. The van der Waals surface area contributed by atoms with Gasteiger partial charge in [0.2, 0.25) is 0 Å². The molecule has 25 heavy (non-hydrogen) atoms. The molecule has 0 spiro atoms. The van der Waals surface area contributed by atoms with E-state index in [1.165, 1.54) is 22.4 Å². The van der Waals surface area contributed by atoms with Gasteiger partial charge in [-0.15, -0.1) is 0 Å². The predicted molar refractivity (Wildman–Crippen MR) is 101 cm³/mol. The lowest BCUT2D eigenvalue weighted by Gasteiger charge is -2.22. The summed E-state index contributed by atoms with van der Waals surface area (Å²) in [6.07, 6.45) is 3.59. The molecule has 0 fully saturated rings. The first-order valence-corrected chi connectivity index (χ1v) is 8.58. The number of aromatic amines is 1. The average Bonchev–Trinajstić information content (AvgIpc) is 3.23. The second-order valence-electron chi connectivity index (χ2n) is 7.29. The Hall–Kier alpha value is -2.75. The number of rotatable bonds is 4. The Kier molecular flexibility index (Phi) is 3.75. The summed E-state index contributed by atoms with van der Waals surface area (Å²) < 4.78 is 5.26. The summed E-state index contributed by atoms with van der Waals surface area (Å²) in [7, 11) is 1.70. The number of benzene rings is 2. The molecule has 1 aliphatic heterocycles. The summed E-state index contributed by atoms with van der Waals surface area (Å²) in [6, 6.07) is 15.1. The lowest BCUT2D eigenvalue weighted by atomic mass is 9.86. The number of aromatic nitrogens is 2. The van der Waals surface area contributed by atoms with Crippen molar-refractivity contribution in [3.63, 3.8) is 0 Å². The number of anilines is 1. The molecule has 0 unspecified atom stereocenters. The van der Waals surface area contributed by atoms with Crippen LogP contribution in [0.25, 0.3) is 11.3 Å². The van der Waals surface area contributed by atoms with Crippen LogP contribution in [0.5, 0.6) is 5.75 Å². The molecule has 3 aromatic rings. The molecule has 0 saturated carbocycles. The number of nitrogens with zero attached hydrogens (tertiary/aromatic N) is 2. The first kappa shape index (κ1) is 15.8. The van der Waals surface area contributed by atoms with Gasteiger partial charge in [-0.25, -0.2) is 4.98 Å². The van der Waals surface area contributed by atoms with Gasteiger partial charge in [0.15, 0.2) is 0 Å². The minimum absolute atomic E-state index is 0.147. The SMILES string of the molecule is COc1ccc(CN2CC(C)(C)c3ccc(-c4cnc[nH]4)cc32)cc1. The number of imidazole rings is 1. The second-order valence-corrected chi connectivity index (χ2v) is 7.29. The van der Waals surface area contributed by atoms with Crippen LogP contribution in [0.3, 0.4) is 0 Å². The summed E-state index contributed by atoms with van der Waals surface area (Å²) in [5, 5.41) is 0. The van der Waals surface area contributed by atoms with Crippen molar-refractivity contribution in [2.75, 3.05) is 18.6 Å². The van der Waals surface area contributed by atoms with Gasteiger partial charge in [0.25, 0.3) is 0 Å². The molecule has 2 aromatic carbocycles. The van der Waals surface area contributed by atoms with Gasteiger partial charge >= 0.3 is 0 Å². The molecule has 0 bridgehead atoms. The van der Waals surface area contributed by atoms with Crippen LogP contribution in [0, 0.1) is 0 Å². The van der Waals surface area contributed by atoms with Crippen molar-refractivity contribution in [3.8, 4) is 17.0 Å². The van der Waals surface area contributed by atoms with Crippen molar-refractivity contribution in [2.45, 2.75) is 25.8 Å². The van der Waals surface area contributed by atoms with E-state index in [4.69, 9.17) is 4.74 Å². The molecule has 0 radical (unpaired) electrons. The van der Waals surface area contributed by atoms with E-state index in [9.17, 15) is 0 Å². The molecule has 4 nitrogen and oxygen atoms in total. The monoisotopic (exact) mass is 333 g/mol. The molecule has 1 aromatic heterocycles. The van der Waals surface area contributed by atoms with Gasteiger partial charge in [0, 0.05) is 29.8 Å². The summed E-state index contributed by atoms with van der Waals surface area (Å²) >= 11 is 0. The summed E-state index contributed by atoms with van der Waals surface area (Å²) in [5.41, 5.74) is 6.38. The Balaban J connectivity index is 1.67. The van der Waals surface area contributed by atoms with Gasteiger partial charge in [-0.3, -0.25) is 0 Å². The fourth-order valence-electron chi connectivity index (χ4n) is 3.69. The maximum atomic E-state index is 5.26. The molecule has 0 aliphatic carbocycles. The topological polar surface area (TPSA) is 41.1 Å². The normalized spacial score (nSPS) is 15.2. The number of ether oxygens (including phenoxy) is 1. The zero-order valence-electron chi connectivity index (χ0n) is 14.9. The van der Waals surface area contributed by atoms with Gasteiger partial charge in [-0.05, 0) is 29.3 Å². The van der Waals surface area contributed by atoms with Crippen LogP contribution in [0.1, 0.15) is 25.0 Å². The number of fused-ring (bicyclic) bond motifs is 1. The third-order valence-corrected chi connectivity index (χ3v) is 5.00. The highest BCUT2D eigenvalue weighted by atomic mass is 16.5. The van der Waals surface area contributed by atoms with Gasteiger partial charge in [-0.1, -0.05) is 38.1 Å². The lowest BCUT2D eigenvalue weighted by molar-refractivity contribution is 0.414. The first-order chi connectivity index (χ1) is 12.1. The zero-order chi connectivity index (χ0) is 17.4. The molecule has 0 amide bonds. The van der Waals surface area contributed by atoms with Crippen LogP contribution in [0.15, 0.2) is 55.0 Å². The van der Waals surface area contributed by atoms with E-state index in [0.717, 1.165) is 24.5 Å². The van der Waals surface area contributed by atoms with E-state index in [1.807, 2.05) is 18.3 Å². The Morgan fingerprint density at radius 3 is 2.64 bits per heavy atom. The minimum atomic E-state index is 0.147. The molecule has 2 heterocycles. The summed E-state index contributed by atoms with van der Waals surface area (Å²) in [6.45, 7) is 6.54. The Morgan fingerprint density at radius 2 is 1.96 bits per heavy atom. The minimum Gasteiger partial charge on any atom is -0.497 e. The zero-order valence-corrected chi connectivity index (χ0v) is 14.9. The van der Waals surface area contributed by atoms with Crippen molar-refractivity contribution in [1.82, 2.24) is 9.97 Å². The van der Waals surface area contributed by atoms with Gasteiger partial charge < -0.3 is 14.6 Å². The maximum Gasteiger partial charge on any atom is 0.118 e. The Labute approximate surface area is 148 Å². The van der Waals surface area contributed by atoms with Crippen molar-refractivity contribution in [1.29, 1.82) is 0 Å². The van der Waals surface area contributed by atoms with Crippen molar-refractivity contribution in [3.05, 3.63) is 66.1 Å². The molecule has 0 saturated heterocycles. The molecular formula is C21H23N3O. The van der Waals surface area contributed by atoms with E-state index in [0.29, 0.717) is 0 Å². The van der Waals surface area contributed by atoms with Crippen molar-refractivity contribution in [2.24, 2.45) is 0 Å². The van der Waals surface area contributed by atoms with Crippen LogP contribution in [0.2, 0.25) is 0 Å². The number of hydrogen-bond donors (Lipinski definition) is 1. The number of hydrogen-bond acceptors (Lipinski definition) is 3. The molecule has 128 valence electrons. The quantitative estimate of drug-likeness (QED) is 0.770. The summed E-state index contributed by atoms with van der Waals surface area (Å²) in [4.78, 5) is 9.81. The van der Waals surface area contributed by atoms with Crippen LogP contribution in [0.4, 0.5) is 5.69 Å². The van der Waals surface area contributed by atoms with Crippen LogP contribution < -0.4 is 9.64 Å². The largest absolute Gasteiger partial charge is 0.497 e. The number of nitrogens with one attached hydrogen (secondary N) is 1. The number of H-pyrrole nitrogens is 1. The third kappa shape index (κ3) is 2.88. The van der Waals surface area contributed by atoms with E-state index in [1.54, 1.807) is 13.4 Å². The fourth-order valence-corrected chi connectivity index (χ4v) is 3.69. The van der Waals surface area contributed by atoms with E-state index < -0.39 is 0 Å². The van der Waals surface area contributed by atoms with Gasteiger partial charge in [0.1, 0.15) is 5.75 Å². The molecule has 0 atom stereocenters. The van der Waals surface area contributed by atoms with Crippen LogP contribution in [-0.4, -0.2) is 23.6 Å². The van der Waals surface area contributed by atoms with Crippen LogP contribution in [-0.2, 0) is 12.0 Å². The highest BCUT2D eigenvalue weighted by Gasteiger charge is 2.35. The molecular weight excluding hydrogens is 310 g/mol. The van der Waals surface area contributed by atoms with E-state index in [-0.39, 0.29) is 5.41 Å². The first-order valence-electron chi connectivity index (χ1n) is 8.58. The fraction of sp³-hybridized carbons (Fsp3) is 0.286. The summed E-state index contributed by atoms with van der Waals surface area (Å²) in [5.74, 6) is 0.896. The molecule has 4 rings (SSSR count). The Bertz CT molecular complexity index is 867. The second kappa shape index (κ2) is 5.96. The molecule has 4 heteroatoms. The third-order valence-electron chi connectivity index (χ3n) is 5.00. The lowest BCUT2D eigenvalue weighted by Crippen LogP contribution is -2.28. The number of methoxy groups -OCH3 is 1. The van der Waals surface area contributed by atoms with Gasteiger partial charge in [0.05, 0.1) is 25.3 Å².